The summed E-state index contributed by atoms with van der Waals surface area (Å²) in [6.07, 6.45) is 1.67. The van der Waals surface area contributed by atoms with Crippen molar-refractivity contribution >= 4 is 5.69 Å². The van der Waals surface area contributed by atoms with Crippen LogP contribution in [0.15, 0.2) is 24.3 Å². The highest BCUT2D eigenvalue weighted by Crippen LogP contribution is 2.18. The molecule has 1 unspecified atom stereocenters. The van der Waals surface area contributed by atoms with Crippen molar-refractivity contribution in [1.29, 1.82) is 0 Å². The van der Waals surface area contributed by atoms with E-state index in [1.54, 1.807) is 12.1 Å². The maximum atomic E-state index is 10.6. The van der Waals surface area contributed by atoms with Crippen LogP contribution in [0.3, 0.4) is 0 Å². The lowest BCUT2D eigenvalue weighted by molar-refractivity contribution is -0.384. The standard InChI is InChI=1S/C12H18N2O3/c1-10(13-7-2-3-8-15)11-5-4-6-12(9-11)14(16)17/h4-6,9-10,13,15H,2-3,7-8H2,1H3. The second-order valence-electron chi connectivity index (χ2n) is 3.96. The van der Waals surface area contributed by atoms with Gasteiger partial charge in [0.2, 0.25) is 0 Å². The van der Waals surface area contributed by atoms with Crippen LogP contribution in [0.25, 0.3) is 0 Å². The van der Waals surface area contributed by atoms with E-state index >= 15 is 0 Å². The Hall–Kier alpha value is -1.46. The normalized spacial score (nSPS) is 12.4. The summed E-state index contributed by atoms with van der Waals surface area (Å²) in [6, 6.07) is 6.72. The summed E-state index contributed by atoms with van der Waals surface area (Å²) in [6.45, 7) is 2.97. The monoisotopic (exact) mass is 238 g/mol. The minimum atomic E-state index is -0.387. The number of benzene rings is 1. The average molecular weight is 238 g/mol. The Kier molecular flexibility index (Phi) is 5.59. The molecule has 0 aromatic heterocycles. The topological polar surface area (TPSA) is 75.4 Å². The highest BCUT2D eigenvalue weighted by atomic mass is 16.6. The van der Waals surface area contributed by atoms with Crippen molar-refractivity contribution in [2.45, 2.75) is 25.8 Å². The van der Waals surface area contributed by atoms with Crippen LogP contribution in [0.2, 0.25) is 0 Å². The molecule has 0 saturated carbocycles. The second kappa shape index (κ2) is 6.98. The number of nitro benzene ring substituents is 1. The molecule has 5 heteroatoms. The lowest BCUT2D eigenvalue weighted by Gasteiger charge is -2.13. The second-order valence-corrected chi connectivity index (χ2v) is 3.96. The van der Waals surface area contributed by atoms with Crippen molar-refractivity contribution in [1.82, 2.24) is 5.32 Å². The average Bonchev–Trinajstić information content (AvgIpc) is 2.34. The molecule has 0 aliphatic heterocycles. The van der Waals surface area contributed by atoms with Gasteiger partial charge in [-0.2, -0.15) is 0 Å². The Morgan fingerprint density at radius 1 is 1.47 bits per heavy atom. The highest BCUT2D eigenvalue weighted by Gasteiger charge is 2.09. The van der Waals surface area contributed by atoms with Gasteiger partial charge in [-0.05, 0) is 31.9 Å². The van der Waals surface area contributed by atoms with E-state index in [-0.39, 0.29) is 23.3 Å². The molecule has 0 aliphatic carbocycles. The van der Waals surface area contributed by atoms with Gasteiger partial charge >= 0.3 is 0 Å². The molecular formula is C12H18N2O3. The lowest BCUT2D eigenvalue weighted by atomic mass is 10.1. The maximum Gasteiger partial charge on any atom is 0.269 e. The molecule has 1 aromatic rings. The largest absolute Gasteiger partial charge is 0.396 e. The molecule has 0 fully saturated rings. The number of hydrogen-bond acceptors (Lipinski definition) is 4. The molecule has 0 heterocycles. The van der Waals surface area contributed by atoms with E-state index in [9.17, 15) is 10.1 Å². The molecule has 1 aromatic carbocycles. The number of nitrogens with zero attached hydrogens (tertiary/aromatic N) is 1. The van der Waals surface area contributed by atoms with Crippen LogP contribution >= 0.6 is 0 Å². The molecule has 94 valence electrons. The molecular weight excluding hydrogens is 220 g/mol. The fourth-order valence-electron chi connectivity index (χ4n) is 1.58. The fraction of sp³-hybridized carbons (Fsp3) is 0.500. The zero-order chi connectivity index (χ0) is 12.7. The number of aliphatic hydroxyl groups is 1. The van der Waals surface area contributed by atoms with Crippen molar-refractivity contribution < 1.29 is 10.0 Å². The molecule has 1 rings (SSSR count). The first-order valence-electron chi connectivity index (χ1n) is 5.73. The molecule has 0 bridgehead atoms. The van der Waals surface area contributed by atoms with Gasteiger partial charge in [0.25, 0.3) is 5.69 Å². The zero-order valence-corrected chi connectivity index (χ0v) is 9.93. The first-order chi connectivity index (χ1) is 8.15. The molecule has 5 nitrogen and oxygen atoms in total. The first-order valence-corrected chi connectivity index (χ1v) is 5.73. The van der Waals surface area contributed by atoms with E-state index < -0.39 is 0 Å². The van der Waals surface area contributed by atoms with E-state index in [1.165, 1.54) is 6.07 Å². The van der Waals surface area contributed by atoms with Gasteiger partial charge in [0, 0.05) is 24.8 Å². The van der Waals surface area contributed by atoms with E-state index in [1.807, 2.05) is 13.0 Å². The third-order valence-electron chi connectivity index (χ3n) is 2.62. The molecule has 17 heavy (non-hydrogen) atoms. The first kappa shape index (κ1) is 13.6. The summed E-state index contributed by atoms with van der Waals surface area (Å²) in [5.41, 5.74) is 1.02. The van der Waals surface area contributed by atoms with Gasteiger partial charge in [0.05, 0.1) is 4.92 Å². The predicted molar refractivity (Wildman–Crippen MR) is 65.8 cm³/mol. The van der Waals surface area contributed by atoms with Crippen molar-refractivity contribution in [2.75, 3.05) is 13.2 Å². The Morgan fingerprint density at radius 3 is 2.88 bits per heavy atom. The van der Waals surface area contributed by atoms with E-state index in [0.717, 1.165) is 24.9 Å². The van der Waals surface area contributed by atoms with Gasteiger partial charge in [-0.15, -0.1) is 0 Å². The Labute approximate surface area is 101 Å². The quantitative estimate of drug-likeness (QED) is 0.433. The van der Waals surface area contributed by atoms with Crippen molar-refractivity contribution in [3.05, 3.63) is 39.9 Å². The van der Waals surface area contributed by atoms with Crippen LogP contribution in [0.1, 0.15) is 31.4 Å². The Balaban J connectivity index is 2.53. The molecule has 1 atom stereocenters. The summed E-state index contributed by atoms with van der Waals surface area (Å²) in [5, 5.41) is 22.5. The molecule has 0 spiro atoms. The molecule has 0 aliphatic rings. The number of non-ortho nitro benzene ring substituents is 1. The van der Waals surface area contributed by atoms with Gasteiger partial charge in [-0.25, -0.2) is 0 Å². The summed E-state index contributed by atoms with van der Waals surface area (Å²) < 4.78 is 0. The lowest BCUT2D eigenvalue weighted by Crippen LogP contribution is -2.20. The number of hydrogen-bond donors (Lipinski definition) is 2. The van der Waals surface area contributed by atoms with Crippen LogP contribution in [0.4, 0.5) is 5.69 Å². The third kappa shape index (κ3) is 4.50. The molecule has 2 N–H and O–H groups in total. The summed E-state index contributed by atoms with van der Waals surface area (Å²) >= 11 is 0. The van der Waals surface area contributed by atoms with Crippen LogP contribution in [-0.4, -0.2) is 23.2 Å². The third-order valence-corrected chi connectivity index (χ3v) is 2.62. The van der Waals surface area contributed by atoms with Crippen LogP contribution in [0, 0.1) is 10.1 Å². The molecule has 0 radical (unpaired) electrons. The highest BCUT2D eigenvalue weighted by molar-refractivity contribution is 5.35. The number of nitro groups is 1. The molecule has 0 saturated heterocycles. The molecule has 0 amide bonds. The number of rotatable bonds is 7. The smallest absolute Gasteiger partial charge is 0.269 e. The summed E-state index contributed by atoms with van der Waals surface area (Å²) in [5.74, 6) is 0. The minimum absolute atomic E-state index is 0.0774. The fourth-order valence-corrected chi connectivity index (χ4v) is 1.58. The number of unbranched alkanes of at least 4 members (excludes halogenated alkanes) is 1. The zero-order valence-electron chi connectivity index (χ0n) is 9.93. The van der Waals surface area contributed by atoms with E-state index in [4.69, 9.17) is 5.11 Å². The van der Waals surface area contributed by atoms with Crippen molar-refractivity contribution in [3.8, 4) is 0 Å². The maximum absolute atomic E-state index is 10.6. The number of aliphatic hydroxyl groups excluding tert-OH is 1. The van der Waals surface area contributed by atoms with E-state index in [2.05, 4.69) is 5.32 Å². The summed E-state index contributed by atoms with van der Waals surface area (Å²) in [7, 11) is 0. The van der Waals surface area contributed by atoms with Gasteiger partial charge in [-0.3, -0.25) is 10.1 Å². The van der Waals surface area contributed by atoms with E-state index in [0.29, 0.717) is 0 Å². The van der Waals surface area contributed by atoms with Crippen LogP contribution in [0.5, 0.6) is 0 Å². The SMILES string of the molecule is CC(NCCCCO)c1cccc([N+](=O)[O-])c1. The number of nitrogens with one attached hydrogen (secondary N) is 1. The van der Waals surface area contributed by atoms with Gasteiger partial charge in [0.15, 0.2) is 0 Å². The Morgan fingerprint density at radius 2 is 2.24 bits per heavy atom. The Bertz CT molecular complexity index is 369. The van der Waals surface area contributed by atoms with Crippen LogP contribution in [-0.2, 0) is 0 Å². The minimum Gasteiger partial charge on any atom is -0.396 e. The van der Waals surface area contributed by atoms with Crippen molar-refractivity contribution in [2.24, 2.45) is 0 Å². The van der Waals surface area contributed by atoms with Gasteiger partial charge in [-0.1, -0.05) is 12.1 Å². The van der Waals surface area contributed by atoms with Gasteiger partial charge < -0.3 is 10.4 Å². The predicted octanol–water partition coefficient (Wildman–Crippen LogP) is 2.02. The van der Waals surface area contributed by atoms with Crippen LogP contribution < -0.4 is 5.32 Å². The summed E-state index contributed by atoms with van der Waals surface area (Å²) in [4.78, 5) is 10.2. The van der Waals surface area contributed by atoms with Crippen molar-refractivity contribution in [3.63, 3.8) is 0 Å². The van der Waals surface area contributed by atoms with Gasteiger partial charge in [0.1, 0.15) is 0 Å².